The van der Waals surface area contributed by atoms with Gasteiger partial charge in [0.25, 0.3) is 6.01 Å². The monoisotopic (exact) mass is 326 g/mol. The van der Waals surface area contributed by atoms with Crippen molar-refractivity contribution in [3.63, 3.8) is 0 Å². The van der Waals surface area contributed by atoms with E-state index in [1.165, 1.54) is 32.1 Å². The molecular weight excluding hydrogens is 296 g/mol. The lowest BCUT2D eigenvalue weighted by atomic mass is 10.1. The van der Waals surface area contributed by atoms with Crippen molar-refractivity contribution >= 4 is 17.8 Å². The van der Waals surface area contributed by atoms with Gasteiger partial charge in [-0.05, 0) is 18.1 Å². The third-order valence-electron chi connectivity index (χ3n) is 3.51. The molecule has 1 aromatic heterocycles. The van der Waals surface area contributed by atoms with E-state index < -0.39 is 0 Å². The van der Waals surface area contributed by atoms with Gasteiger partial charge < -0.3 is 9.73 Å². The van der Waals surface area contributed by atoms with Crippen LogP contribution in [0.1, 0.15) is 77.7 Å². The largest absolute Gasteiger partial charge is 0.389 e. The molecular formula is C17H30N2O2S. The zero-order chi connectivity index (χ0) is 16.4. The molecule has 0 aliphatic carbocycles. The second kappa shape index (κ2) is 10.7. The summed E-state index contributed by atoms with van der Waals surface area (Å²) in [5, 5.41) is 3.96. The summed E-state index contributed by atoms with van der Waals surface area (Å²) in [6.07, 6.45) is 7.46. The lowest BCUT2D eigenvalue weighted by molar-refractivity contribution is 0.477. The molecule has 126 valence electrons. The van der Waals surface area contributed by atoms with Gasteiger partial charge in [0.05, 0.1) is 5.56 Å². The van der Waals surface area contributed by atoms with Crippen molar-refractivity contribution in [2.45, 2.75) is 77.2 Å². The van der Waals surface area contributed by atoms with Crippen LogP contribution in [0.15, 0.2) is 14.2 Å². The van der Waals surface area contributed by atoms with E-state index in [0.29, 0.717) is 11.6 Å². The van der Waals surface area contributed by atoms with Crippen LogP contribution >= 0.6 is 11.8 Å². The van der Waals surface area contributed by atoms with Crippen molar-refractivity contribution in [2.75, 3.05) is 17.6 Å². The summed E-state index contributed by atoms with van der Waals surface area (Å²) in [4.78, 5) is 16.6. The van der Waals surface area contributed by atoms with Gasteiger partial charge in [-0.3, -0.25) is 0 Å². The predicted molar refractivity (Wildman–Crippen MR) is 95.1 cm³/mol. The van der Waals surface area contributed by atoms with Gasteiger partial charge in [-0.2, -0.15) is 4.98 Å². The first-order valence-corrected chi connectivity index (χ1v) is 9.50. The van der Waals surface area contributed by atoms with E-state index in [4.69, 9.17) is 4.42 Å². The van der Waals surface area contributed by atoms with Crippen molar-refractivity contribution in [1.82, 2.24) is 4.98 Å². The highest BCUT2D eigenvalue weighted by molar-refractivity contribution is 7.99. The average molecular weight is 327 g/mol. The molecule has 5 heteroatoms. The van der Waals surface area contributed by atoms with Crippen LogP contribution in [0.4, 0.5) is 6.01 Å². The maximum absolute atomic E-state index is 12.1. The molecule has 0 atom stereocenters. The highest BCUT2D eigenvalue weighted by Gasteiger charge is 2.16. The highest BCUT2D eigenvalue weighted by Crippen LogP contribution is 2.25. The molecule has 0 spiro atoms. The Balaban J connectivity index is 2.55. The molecule has 1 heterocycles. The van der Waals surface area contributed by atoms with Crippen molar-refractivity contribution in [3.05, 3.63) is 16.0 Å². The average Bonchev–Trinajstić information content (AvgIpc) is 2.46. The maximum Gasteiger partial charge on any atom is 0.344 e. The quantitative estimate of drug-likeness (QED) is 0.456. The van der Waals surface area contributed by atoms with E-state index >= 15 is 0 Å². The van der Waals surface area contributed by atoms with Crippen LogP contribution < -0.4 is 10.9 Å². The number of nitrogens with zero attached hydrogens (tertiary/aromatic N) is 1. The predicted octanol–water partition coefficient (Wildman–Crippen LogP) is 5.04. The van der Waals surface area contributed by atoms with Gasteiger partial charge in [0, 0.05) is 6.54 Å². The summed E-state index contributed by atoms with van der Waals surface area (Å²) < 4.78 is 5.31. The highest BCUT2D eigenvalue weighted by atomic mass is 32.2. The summed E-state index contributed by atoms with van der Waals surface area (Å²) in [6, 6.07) is 0.360. The van der Waals surface area contributed by atoms with Gasteiger partial charge in [-0.25, -0.2) is 4.79 Å². The maximum atomic E-state index is 12.1. The first-order valence-electron chi connectivity index (χ1n) is 8.51. The Morgan fingerprint density at radius 1 is 1.14 bits per heavy atom. The molecule has 0 saturated carbocycles. The van der Waals surface area contributed by atoms with E-state index in [9.17, 15) is 4.79 Å². The molecule has 4 nitrogen and oxygen atoms in total. The number of unbranched alkanes of at least 4 members (excludes halogenated alkanes) is 5. The number of thioether (sulfide) groups is 1. The molecule has 0 radical (unpaired) electrons. The topological polar surface area (TPSA) is 55.1 Å². The number of hydrogen-bond donors (Lipinski definition) is 1. The summed E-state index contributed by atoms with van der Waals surface area (Å²) in [5.41, 5.74) is 0.434. The normalized spacial score (nSPS) is 11.1. The van der Waals surface area contributed by atoms with Crippen LogP contribution in [-0.4, -0.2) is 17.3 Å². The van der Waals surface area contributed by atoms with Crippen LogP contribution in [-0.2, 0) is 0 Å². The smallest absolute Gasteiger partial charge is 0.344 e. The number of anilines is 1. The summed E-state index contributed by atoms with van der Waals surface area (Å²) >= 11 is 1.60. The Hall–Kier alpha value is -0.970. The van der Waals surface area contributed by atoms with Gasteiger partial charge in [0.2, 0.25) is 0 Å². The molecule has 0 aliphatic heterocycles. The minimum Gasteiger partial charge on any atom is -0.389 e. The van der Waals surface area contributed by atoms with E-state index in [2.05, 4.69) is 24.1 Å². The molecule has 1 N–H and O–H groups in total. The third-order valence-corrected chi connectivity index (χ3v) is 4.38. The first-order chi connectivity index (χ1) is 10.6. The summed E-state index contributed by atoms with van der Waals surface area (Å²) in [5.74, 6) is 1.03. The molecule has 1 rings (SSSR count). The van der Waals surface area contributed by atoms with Crippen LogP contribution in [0.5, 0.6) is 0 Å². The molecule has 1 aromatic rings. The van der Waals surface area contributed by atoms with Gasteiger partial charge in [-0.15, -0.1) is 11.8 Å². The minimum atomic E-state index is -0.258. The Morgan fingerprint density at radius 3 is 2.45 bits per heavy atom. The molecule has 0 aromatic carbocycles. The third kappa shape index (κ3) is 6.42. The molecule has 0 bridgehead atoms. The molecule has 0 unspecified atom stereocenters. The first kappa shape index (κ1) is 19.1. The van der Waals surface area contributed by atoms with Gasteiger partial charge in [0.15, 0.2) is 0 Å². The van der Waals surface area contributed by atoms with Gasteiger partial charge in [-0.1, -0.05) is 59.8 Å². The van der Waals surface area contributed by atoms with Crippen molar-refractivity contribution in [2.24, 2.45) is 0 Å². The fourth-order valence-electron chi connectivity index (χ4n) is 2.31. The molecule has 22 heavy (non-hydrogen) atoms. The fourth-order valence-corrected chi connectivity index (χ4v) is 3.21. The number of hydrogen-bond acceptors (Lipinski definition) is 5. The zero-order valence-electron chi connectivity index (χ0n) is 14.4. The Labute approximate surface area is 138 Å². The number of rotatable bonds is 11. The second-order valence-corrected chi connectivity index (χ2v) is 7.06. The second-order valence-electron chi connectivity index (χ2n) is 5.81. The van der Waals surface area contributed by atoms with Gasteiger partial charge >= 0.3 is 5.63 Å². The van der Waals surface area contributed by atoms with E-state index in [-0.39, 0.29) is 11.5 Å². The van der Waals surface area contributed by atoms with Crippen LogP contribution in [0, 0.1) is 0 Å². The standard InChI is InChI=1S/C17H30N2O2S/c1-5-7-8-9-10-11-12-18-17-19-15(22-6-2)14(13(3)4)16(20)21-17/h13H,5-12H2,1-4H3,(H,18,19). The van der Waals surface area contributed by atoms with E-state index in [0.717, 1.165) is 23.7 Å². The number of nitrogens with one attached hydrogen (secondary N) is 1. The van der Waals surface area contributed by atoms with Crippen LogP contribution in [0.2, 0.25) is 0 Å². The SMILES string of the molecule is CCCCCCCCNc1nc(SCC)c(C(C)C)c(=O)o1. The lowest BCUT2D eigenvalue weighted by Gasteiger charge is -2.11. The summed E-state index contributed by atoms with van der Waals surface area (Å²) in [7, 11) is 0. The van der Waals surface area contributed by atoms with Crippen LogP contribution in [0.25, 0.3) is 0 Å². The lowest BCUT2D eigenvalue weighted by Crippen LogP contribution is -2.15. The Bertz CT molecular complexity index is 486. The minimum absolute atomic E-state index is 0.130. The van der Waals surface area contributed by atoms with Crippen molar-refractivity contribution < 1.29 is 4.42 Å². The Morgan fingerprint density at radius 2 is 1.82 bits per heavy atom. The molecule has 0 amide bonds. The van der Waals surface area contributed by atoms with Gasteiger partial charge in [0.1, 0.15) is 5.03 Å². The van der Waals surface area contributed by atoms with Crippen molar-refractivity contribution in [3.8, 4) is 0 Å². The van der Waals surface area contributed by atoms with E-state index in [1.807, 2.05) is 13.8 Å². The zero-order valence-corrected chi connectivity index (χ0v) is 15.2. The van der Waals surface area contributed by atoms with E-state index in [1.54, 1.807) is 11.8 Å². The molecule has 0 saturated heterocycles. The molecule has 0 fully saturated rings. The Kier molecular flexibility index (Phi) is 9.28. The summed E-state index contributed by atoms with van der Waals surface area (Å²) in [6.45, 7) is 9.09. The number of aromatic nitrogens is 1. The van der Waals surface area contributed by atoms with Crippen molar-refractivity contribution in [1.29, 1.82) is 0 Å². The fraction of sp³-hybridized carbons (Fsp3) is 0.765. The molecule has 0 aliphatic rings. The van der Waals surface area contributed by atoms with Crippen LogP contribution in [0.3, 0.4) is 0 Å².